The number of carbonyl (C=O) groups excluding carboxylic acids is 3. The monoisotopic (exact) mass is 272 g/mol. The van der Waals surface area contributed by atoms with Gasteiger partial charge in [0.05, 0.1) is 0 Å². The van der Waals surface area contributed by atoms with E-state index < -0.39 is 18.1 Å². The van der Waals surface area contributed by atoms with E-state index in [-0.39, 0.29) is 11.7 Å². The van der Waals surface area contributed by atoms with Crippen LogP contribution >= 0.6 is 0 Å². The molecule has 0 fully saturated rings. The molecule has 0 spiro atoms. The number of ketones is 1. The number of amides is 1. The maximum Gasteiger partial charge on any atom is 0.329 e. The van der Waals surface area contributed by atoms with Crippen molar-refractivity contribution in [2.45, 2.75) is 58.6 Å². The van der Waals surface area contributed by atoms with Crippen molar-refractivity contribution in [3.8, 4) is 0 Å². The standard InChI is InChI=1S/C13H24N2O4/c1-4-12(17)9(2)19-13(18)11(15-10(3)16)7-5-6-8-14/h9,11H,4-8,14H2,1-3H3,(H,15,16). The van der Waals surface area contributed by atoms with Crippen LogP contribution < -0.4 is 11.1 Å². The Morgan fingerprint density at radius 1 is 1.26 bits per heavy atom. The van der Waals surface area contributed by atoms with Crippen molar-refractivity contribution < 1.29 is 19.1 Å². The molecule has 0 saturated carbocycles. The summed E-state index contributed by atoms with van der Waals surface area (Å²) in [7, 11) is 0. The number of carbonyl (C=O) groups is 3. The summed E-state index contributed by atoms with van der Waals surface area (Å²) in [5.74, 6) is -1.01. The van der Waals surface area contributed by atoms with Crippen LogP contribution in [0.5, 0.6) is 0 Å². The highest BCUT2D eigenvalue weighted by molar-refractivity contribution is 5.87. The Morgan fingerprint density at radius 3 is 2.37 bits per heavy atom. The first-order valence-electron chi connectivity index (χ1n) is 6.62. The predicted molar refractivity (Wildman–Crippen MR) is 71.4 cm³/mol. The van der Waals surface area contributed by atoms with E-state index in [0.29, 0.717) is 25.8 Å². The lowest BCUT2D eigenvalue weighted by Gasteiger charge is -2.19. The Balaban J connectivity index is 4.43. The maximum absolute atomic E-state index is 11.9. The fourth-order valence-corrected chi connectivity index (χ4v) is 1.60. The molecule has 6 heteroatoms. The third-order valence-corrected chi connectivity index (χ3v) is 2.70. The second-order valence-electron chi connectivity index (χ2n) is 4.44. The molecule has 3 N–H and O–H groups in total. The van der Waals surface area contributed by atoms with Crippen LogP contribution in [0.3, 0.4) is 0 Å². The first-order valence-corrected chi connectivity index (χ1v) is 6.62. The summed E-state index contributed by atoms with van der Waals surface area (Å²) in [6.45, 7) is 5.12. The summed E-state index contributed by atoms with van der Waals surface area (Å²) < 4.78 is 5.06. The Hall–Kier alpha value is -1.43. The summed E-state index contributed by atoms with van der Waals surface area (Å²) in [6.07, 6.45) is 1.48. The molecular weight excluding hydrogens is 248 g/mol. The Labute approximate surface area is 114 Å². The summed E-state index contributed by atoms with van der Waals surface area (Å²) >= 11 is 0. The van der Waals surface area contributed by atoms with E-state index in [1.165, 1.54) is 13.8 Å². The van der Waals surface area contributed by atoms with Gasteiger partial charge in [-0.1, -0.05) is 6.92 Å². The van der Waals surface area contributed by atoms with E-state index >= 15 is 0 Å². The summed E-state index contributed by atoms with van der Waals surface area (Å²) in [5.41, 5.74) is 5.38. The fourth-order valence-electron chi connectivity index (χ4n) is 1.60. The van der Waals surface area contributed by atoms with E-state index in [1.54, 1.807) is 6.92 Å². The molecule has 0 aliphatic carbocycles. The first kappa shape index (κ1) is 17.6. The van der Waals surface area contributed by atoms with Crippen LogP contribution in [0.25, 0.3) is 0 Å². The number of Topliss-reactive ketones (excluding diaryl/α,β-unsaturated/α-hetero) is 1. The topological polar surface area (TPSA) is 98.5 Å². The van der Waals surface area contributed by atoms with Gasteiger partial charge < -0.3 is 15.8 Å². The molecule has 0 aliphatic rings. The van der Waals surface area contributed by atoms with Gasteiger partial charge in [0.1, 0.15) is 6.04 Å². The second-order valence-corrected chi connectivity index (χ2v) is 4.44. The lowest BCUT2D eigenvalue weighted by molar-refractivity contribution is -0.157. The Bertz CT molecular complexity index is 318. The van der Waals surface area contributed by atoms with Gasteiger partial charge in [0.25, 0.3) is 0 Å². The van der Waals surface area contributed by atoms with Crippen LogP contribution in [-0.2, 0) is 19.1 Å². The Morgan fingerprint density at radius 2 is 1.89 bits per heavy atom. The largest absolute Gasteiger partial charge is 0.453 e. The van der Waals surface area contributed by atoms with Crippen LogP contribution in [0.15, 0.2) is 0 Å². The SMILES string of the molecule is CCC(=O)C(C)OC(=O)C(CCCCN)NC(C)=O. The lowest BCUT2D eigenvalue weighted by Crippen LogP contribution is -2.42. The van der Waals surface area contributed by atoms with Crippen LogP contribution in [0, 0.1) is 0 Å². The van der Waals surface area contributed by atoms with Crippen molar-refractivity contribution in [1.82, 2.24) is 5.32 Å². The van der Waals surface area contributed by atoms with Gasteiger partial charge in [-0.25, -0.2) is 4.79 Å². The number of unbranched alkanes of at least 4 members (excludes halogenated alkanes) is 1. The zero-order valence-electron chi connectivity index (χ0n) is 11.9. The van der Waals surface area contributed by atoms with Crippen LogP contribution in [-0.4, -0.2) is 36.4 Å². The molecule has 0 rings (SSSR count). The molecule has 0 aliphatic heterocycles. The van der Waals surface area contributed by atoms with E-state index in [9.17, 15) is 14.4 Å². The molecule has 0 bridgehead atoms. The van der Waals surface area contributed by atoms with Crippen LogP contribution in [0.1, 0.15) is 46.5 Å². The van der Waals surface area contributed by atoms with E-state index in [0.717, 1.165) is 6.42 Å². The minimum atomic E-state index is -0.775. The molecule has 6 nitrogen and oxygen atoms in total. The van der Waals surface area contributed by atoms with Gasteiger partial charge in [0, 0.05) is 13.3 Å². The molecule has 0 aromatic carbocycles. The highest BCUT2D eigenvalue weighted by atomic mass is 16.5. The zero-order chi connectivity index (χ0) is 14.8. The number of nitrogens with one attached hydrogen (secondary N) is 1. The van der Waals surface area contributed by atoms with Crippen molar-refractivity contribution in [2.75, 3.05) is 6.54 Å². The number of rotatable bonds is 9. The minimum absolute atomic E-state index is 0.142. The number of hydrogen-bond donors (Lipinski definition) is 2. The molecule has 0 aromatic rings. The smallest absolute Gasteiger partial charge is 0.329 e. The van der Waals surface area contributed by atoms with Crippen molar-refractivity contribution >= 4 is 17.7 Å². The normalized spacial score (nSPS) is 13.5. The van der Waals surface area contributed by atoms with Gasteiger partial charge in [0.2, 0.25) is 5.91 Å². The van der Waals surface area contributed by atoms with Crippen LogP contribution in [0.4, 0.5) is 0 Å². The van der Waals surface area contributed by atoms with Gasteiger partial charge in [-0.2, -0.15) is 0 Å². The van der Waals surface area contributed by atoms with Crippen molar-refractivity contribution in [2.24, 2.45) is 5.73 Å². The number of ether oxygens (including phenoxy) is 1. The molecule has 0 heterocycles. The number of hydrogen-bond acceptors (Lipinski definition) is 5. The molecule has 19 heavy (non-hydrogen) atoms. The molecular formula is C13H24N2O4. The summed E-state index contributed by atoms with van der Waals surface area (Å²) in [4.78, 5) is 34.3. The van der Waals surface area contributed by atoms with Crippen molar-refractivity contribution in [3.05, 3.63) is 0 Å². The average molecular weight is 272 g/mol. The molecule has 1 amide bonds. The van der Waals surface area contributed by atoms with E-state index in [1.807, 2.05) is 0 Å². The average Bonchev–Trinajstić information content (AvgIpc) is 2.36. The first-order chi connectivity index (χ1) is 8.92. The molecule has 2 atom stereocenters. The number of nitrogens with two attached hydrogens (primary N) is 1. The molecule has 110 valence electrons. The predicted octanol–water partition coefficient (Wildman–Crippen LogP) is 0.531. The summed E-state index contributed by atoms with van der Waals surface area (Å²) in [5, 5.41) is 2.54. The third kappa shape index (κ3) is 7.56. The van der Waals surface area contributed by atoms with Crippen molar-refractivity contribution in [1.29, 1.82) is 0 Å². The third-order valence-electron chi connectivity index (χ3n) is 2.70. The van der Waals surface area contributed by atoms with E-state index in [4.69, 9.17) is 10.5 Å². The molecule has 0 radical (unpaired) electrons. The minimum Gasteiger partial charge on any atom is -0.453 e. The zero-order valence-corrected chi connectivity index (χ0v) is 11.9. The van der Waals surface area contributed by atoms with Gasteiger partial charge in [0.15, 0.2) is 11.9 Å². The highest BCUT2D eigenvalue weighted by Gasteiger charge is 2.24. The molecule has 2 unspecified atom stereocenters. The maximum atomic E-state index is 11.9. The van der Waals surface area contributed by atoms with Crippen molar-refractivity contribution in [3.63, 3.8) is 0 Å². The van der Waals surface area contributed by atoms with E-state index in [2.05, 4.69) is 5.32 Å². The molecule has 0 saturated heterocycles. The Kier molecular flexibility index (Phi) is 8.78. The number of esters is 1. The quantitative estimate of drug-likeness (QED) is 0.471. The van der Waals surface area contributed by atoms with Gasteiger partial charge in [-0.3, -0.25) is 9.59 Å². The summed E-state index contributed by atoms with van der Waals surface area (Å²) in [6, 6.07) is -0.712. The van der Waals surface area contributed by atoms with Gasteiger partial charge >= 0.3 is 5.97 Å². The second kappa shape index (κ2) is 9.49. The van der Waals surface area contributed by atoms with Crippen LogP contribution in [0.2, 0.25) is 0 Å². The molecule has 0 aromatic heterocycles. The van der Waals surface area contributed by atoms with Gasteiger partial charge in [-0.05, 0) is 32.7 Å². The fraction of sp³-hybridized carbons (Fsp3) is 0.769. The van der Waals surface area contributed by atoms with Gasteiger partial charge in [-0.15, -0.1) is 0 Å². The highest BCUT2D eigenvalue weighted by Crippen LogP contribution is 2.06. The lowest BCUT2D eigenvalue weighted by atomic mass is 10.1.